The highest BCUT2D eigenvalue weighted by atomic mass is 35.6. The molecular formula is C11H11Cl3N2. The van der Waals surface area contributed by atoms with Crippen LogP contribution >= 0.6 is 34.8 Å². The summed E-state index contributed by atoms with van der Waals surface area (Å²) in [6, 6.07) is 7.88. The van der Waals surface area contributed by atoms with Crippen molar-refractivity contribution in [1.29, 1.82) is 0 Å². The highest BCUT2D eigenvalue weighted by Crippen LogP contribution is 2.34. The van der Waals surface area contributed by atoms with Crippen LogP contribution in [0.25, 0.3) is 0 Å². The first kappa shape index (κ1) is 12.0. The van der Waals surface area contributed by atoms with Gasteiger partial charge in [-0.25, -0.2) is 0 Å². The summed E-state index contributed by atoms with van der Waals surface area (Å²) in [6.07, 6.45) is 0.625. The summed E-state index contributed by atoms with van der Waals surface area (Å²) in [5.74, 6) is 0. The van der Waals surface area contributed by atoms with Gasteiger partial charge in [-0.3, -0.25) is 0 Å². The summed E-state index contributed by atoms with van der Waals surface area (Å²) in [5, 5.41) is 4.20. The predicted molar refractivity (Wildman–Crippen MR) is 69.5 cm³/mol. The van der Waals surface area contributed by atoms with E-state index in [4.69, 9.17) is 34.8 Å². The minimum atomic E-state index is -1.32. The van der Waals surface area contributed by atoms with Crippen LogP contribution in [0.2, 0.25) is 0 Å². The zero-order valence-electron chi connectivity index (χ0n) is 8.67. The van der Waals surface area contributed by atoms with Gasteiger partial charge in [0.2, 0.25) is 3.79 Å². The molecule has 1 unspecified atom stereocenters. The van der Waals surface area contributed by atoms with Gasteiger partial charge in [-0.15, -0.1) is 0 Å². The fraction of sp³-hybridized carbons (Fsp3) is 0.364. The number of halogens is 3. The van der Waals surface area contributed by atoms with Gasteiger partial charge >= 0.3 is 0 Å². The molecule has 0 saturated carbocycles. The molecule has 1 N–H and O–H groups in total. The summed E-state index contributed by atoms with van der Waals surface area (Å²) in [7, 11) is 0. The topological polar surface area (TPSA) is 24.4 Å². The molecule has 1 aromatic carbocycles. The number of benzene rings is 1. The second kappa shape index (κ2) is 4.44. The number of hydrogen-bond donors (Lipinski definition) is 1. The lowest BCUT2D eigenvalue weighted by atomic mass is 10.0. The molecule has 0 radical (unpaired) electrons. The van der Waals surface area contributed by atoms with Crippen molar-refractivity contribution in [3.63, 3.8) is 0 Å². The maximum atomic E-state index is 5.81. The van der Waals surface area contributed by atoms with Crippen LogP contribution in [0.1, 0.15) is 17.5 Å². The lowest BCUT2D eigenvalue weighted by Crippen LogP contribution is -2.33. The van der Waals surface area contributed by atoms with Gasteiger partial charge in [0.05, 0.1) is 11.8 Å². The van der Waals surface area contributed by atoms with Gasteiger partial charge in [-0.1, -0.05) is 64.6 Å². The van der Waals surface area contributed by atoms with E-state index in [0.29, 0.717) is 6.42 Å². The van der Waals surface area contributed by atoms with Crippen LogP contribution in [0.15, 0.2) is 29.4 Å². The summed E-state index contributed by atoms with van der Waals surface area (Å²) in [6.45, 7) is 2.04. The monoisotopic (exact) mass is 276 g/mol. The summed E-state index contributed by atoms with van der Waals surface area (Å²) < 4.78 is -1.32. The number of aryl methyl sites for hydroxylation is 1. The smallest absolute Gasteiger partial charge is 0.212 e. The molecule has 1 aliphatic heterocycles. The standard InChI is InChI=1S/C11H11Cl3N2/c1-7-2-4-8(5-3-7)9-6-10(16-15-9)11(12,13)14/h2-5,10,16H,6H2,1H3. The van der Waals surface area contributed by atoms with Gasteiger partial charge in [0.15, 0.2) is 0 Å². The van der Waals surface area contributed by atoms with E-state index in [2.05, 4.69) is 10.5 Å². The first-order chi connectivity index (χ1) is 7.47. The average Bonchev–Trinajstić information content (AvgIpc) is 2.67. The van der Waals surface area contributed by atoms with Crippen LogP contribution in [0.3, 0.4) is 0 Å². The van der Waals surface area contributed by atoms with Crippen LogP contribution in [-0.4, -0.2) is 15.5 Å². The molecule has 0 bridgehead atoms. The molecule has 2 nitrogen and oxygen atoms in total. The Morgan fingerprint density at radius 3 is 2.38 bits per heavy atom. The zero-order valence-corrected chi connectivity index (χ0v) is 10.9. The van der Waals surface area contributed by atoms with Crippen molar-refractivity contribution >= 4 is 40.5 Å². The van der Waals surface area contributed by atoms with Crippen molar-refractivity contribution < 1.29 is 0 Å². The molecular weight excluding hydrogens is 266 g/mol. The molecule has 16 heavy (non-hydrogen) atoms. The number of nitrogens with one attached hydrogen (secondary N) is 1. The molecule has 0 aromatic heterocycles. The molecule has 5 heteroatoms. The summed E-state index contributed by atoms with van der Waals surface area (Å²) >= 11 is 17.4. The fourth-order valence-electron chi connectivity index (χ4n) is 1.56. The number of rotatable bonds is 1. The third kappa shape index (κ3) is 2.62. The Morgan fingerprint density at radius 1 is 1.25 bits per heavy atom. The minimum Gasteiger partial charge on any atom is -0.302 e. The second-order valence-electron chi connectivity index (χ2n) is 3.85. The Balaban J connectivity index is 2.12. The maximum absolute atomic E-state index is 5.81. The van der Waals surface area contributed by atoms with E-state index in [0.717, 1.165) is 11.3 Å². The van der Waals surface area contributed by atoms with Crippen LogP contribution in [0, 0.1) is 6.92 Å². The molecule has 0 aliphatic carbocycles. The lowest BCUT2D eigenvalue weighted by Gasteiger charge is -2.18. The van der Waals surface area contributed by atoms with Crippen molar-refractivity contribution in [1.82, 2.24) is 5.43 Å². The highest BCUT2D eigenvalue weighted by Gasteiger charge is 2.36. The average molecular weight is 278 g/mol. The fourth-order valence-corrected chi connectivity index (χ4v) is 1.94. The molecule has 1 atom stereocenters. The number of hydrazone groups is 1. The first-order valence-electron chi connectivity index (χ1n) is 4.92. The van der Waals surface area contributed by atoms with Gasteiger partial charge in [0, 0.05) is 6.42 Å². The molecule has 0 fully saturated rings. The van der Waals surface area contributed by atoms with E-state index in [1.807, 2.05) is 31.2 Å². The normalized spacial score (nSPS) is 20.5. The highest BCUT2D eigenvalue weighted by molar-refractivity contribution is 6.68. The molecule has 1 heterocycles. The van der Waals surface area contributed by atoms with Crippen LogP contribution in [0.5, 0.6) is 0 Å². The molecule has 1 aromatic rings. The number of alkyl halides is 3. The van der Waals surface area contributed by atoms with Crippen molar-refractivity contribution in [3.05, 3.63) is 35.4 Å². The van der Waals surface area contributed by atoms with Crippen molar-refractivity contribution in [3.8, 4) is 0 Å². The van der Waals surface area contributed by atoms with Crippen LogP contribution in [-0.2, 0) is 0 Å². The van der Waals surface area contributed by atoms with Gasteiger partial charge in [-0.05, 0) is 12.5 Å². The molecule has 1 aliphatic rings. The van der Waals surface area contributed by atoms with Gasteiger partial charge in [0.25, 0.3) is 0 Å². The van der Waals surface area contributed by atoms with Crippen LogP contribution in [0.4, 0.5) is 0 Å². The molecule has 0 saturated heterocycles. The summed E-state index contributed by atoms with van der Waals surface area (Å²) in [5.41, 5.74) is 6.06. The predicted octanol–water partition coefficient (Wildman–Crippen LogP) is 3.43. The van der Waals surface area contributed by atoms with Crippen molar-refractivity contribution in [2.75, 3.05) is 0 Å². The third-order valence-electron chi connectivity index (χ3n) is 2.53. The molecule has 2 rings (SSSR count). The third-order valence-corrected chi connectivity index (χ3v) is 3.32. The SMILES string of the molecule is Cc1ccc(C2=NNC(C(Cl)(Cl)Cl)C2)cc1. The Kier molecular flexibility index (Phi) is 3.34. The maximum Gasteiger partial charge on any atom is 0.212 e. The zero-order chi connectivity index (χ0) is 11.8. The van der Waals surface area contributed by atoms with E-state index < -0.39 is 3.79 Å². The van der Waals surface area contributed by atoms with Crippen molar-refractivity contribution in [2.45, 2.75) is 23.2 Å². The molecule has 0 spiro atoms. The minimum absolute atomic E-state index is 0.256. The Labute approximate surface area is 110 Å². The van der Waals surface area contributed by atoms with E-state index in [1.54, 1.807) is 0 Å². The molecule has 0 amide bonds. The quantitative estimate of drug-likeness (QED) is 0.782. The number of hydrogen-bond acceptors (Lipinski definition) is 2. The van der Waals surface area contributed by atoms with E-state index >= 15 is 0 Å². The van der Waals surface area contributed by atoms with E-state index in [-0.39, 0.29) is 6.04 Å². The van der Waals surface area contributed by atoms with E-state index in [1.165, 1.54) is 5.56 Å². The Morgan fingerprint density at radius 2 is 1.88 bits per heavy atom. The largest absolute Gasteiger partial charge is 0.302 e. The molecule has 86 valence electrons. The van der Waals surface area contributed by atoms with Crippen molar-refractivity contribution in [2.24, 2.45) is 5.10 Å². The van der Waals surface area contributed by atoms with Gasteiger partial charge in [0.1, 0.15) is 0 Å². The summed E-state index contributed by atoms with van der Waals surface area (Å²) in [4.78, 5) is 0. The van der Waals surface area contributed by atoms with E-state index in [9.17, 15) is 0 Å². The second-order valence-corrected chi connectivity index (χ2v) is 6.22. The Hall–Kier alpha value is -0.440. The first-order valence-corrected chi connectivity index (χ1v) is 6.06. The Bertz CT molecular complexity index is 406. The van der Waals surface area contributed by atoms with Crippen LogP contribution < -0.4 is 5.43 Å². The lowest BCUT2D eigenvalue weighted by molar-refractivity contribution is 0.595. The van der Waals surface area contributed by atoms with Gasteiger partial charge < -0.3 is 5.43 Å². The number of nitrogens with zero attached hydrogens (tertiary/aromatic N) is 1. The van der Waals surface area contributed by atoms with Gasteiger partial charge in [-0.2, -0.15) is 5.10 Å².